The Balaban J connectivity index is 1.30. The number of fused-ring (bicyclic) bond motifs is 1. The number of nitrogens with one attached hydrogen (secondary N) is 2. The first-order valence-electron chi connectivity index (χ1n) is 10.8. The van der Waals surface area contributed by atoms with E-state index in [2.05, 4.69) is 16.4 Å². The van der Waals surface area contributed by atoms with Crippen LogP contribution in [0.1, 0.15) is 25.3 Å². The molecule has 1 amide bonds. The molecule has 0 aliphatic heterocycles. The van der Waals surface area contributed by atoms with Crippen molar-refractivity contribution in [1.82, 2.24) is 4.98 Å². The molecule has 0 bridgehead atoms. The first-order chi connectivity index (χ1) is 15.6. The van der Waals surface area contributed by atoms with Gasteiger partial charge in [0.2, 0.25) is 0 Å². The Bertz CT molecular complexity index is 1210. The van der Waals surface area contributed by atoms with E-state index >= 15 is 0 Å². The molecular formula is C27H26N2O3. The minimum Gasteiger partial charge on any atom is -0.453 e. The van der Waals surface area contributed by atoms with Crippen molar-refractivity contribution in [2.24, 2.45) is 0 Å². The van der Waals surface area contributed by atoms with Crippen molar-refractivity contribution in [3.63, 3.8) is 0 Å². The first kappa shape index (κ1) is 21.4. The summed E-state index contributed by atoms with van der Waals surface area (Å²) in [7, 11) is 0. The molecule has 0 aliphatic rings. The molecule has 5 heteroatoms. The summed E-state index contributed by atoms with van der Waals surface area (Å²) in [6, 6.07) is 25.5. The van der Waals surface area contributed by atoms with Crippen molar-refractivity contribution >= 4 is 28.5 Å². The van der Waals surface area contributed by atoms with Crippen molar-refractivity contribution in [3.05, 3.63) is 90.6 Å². The Morgan fingerprint density at radius 2 is 1.66 bits per heavy atom. The Morgan fingerprint density at radius 3 is 2.50 bits per heavy atom. The molecule has 32 heavy (non-hydrogen) atoms. The number of ether oxygens (including phenoxy) is 1. The van der Waals surface area contributed by atoms with Gasteiger partial charge in [-0.25, -0.2) is 0 Å². The lowest BCUT2D eigenvalue weighted by atomic mass is 10.0. The van der Waals surface area contributed by atoms with Crippen LogP contribution in [0.2, 0.25) is 0 Å². The highest BCUT2D eigenvalue weighted by atomic mass is 16.5. The van der Waals surface area contributed by atoms with Gasteiger partial charge in [-0.1, -0.05) is 66.7 Å². The third-order valence-electron chi connectivity index (χ3n) is 5.45. The molecule has 4 rings (SSSR count). The number of aryl methyl sites for hydroxylation is 1. The van der Waals surface area contributed by atoms with Crippen LogP contribution in [0.3, 0.4) is 0 Å². The molecule has 2 N–H and O–H groups in total. The smallest absolute Gasteiger partial charge is 0.306 e. The Morgan fingerprint density at radius 1 is 0.938 bits per heavy atom. The van der Waals surface area contributed by atoms with Crippen LogP contribution in [0.5, 0.6) is 0 Å². The molecule has 1 atom stereocenters. The van der Waals surface area contributed by atoms with Gasteiger partial charge in [0, 0.05) is 34.8 Å². The molecule has 0 aliphatic carbocycles. The van der Waals surface area contributed by atoms with Gasteiger partial charge in [0.15, 0.2) is 6.10 Å². The largest absolute Gasteiger partial charge is 0.453 e. The van der Waals surface area contributed by atoms with Gasteiger partial charge < -0.3 is 15.0 Å². The van der Waals surface area contributed by atoms with Gasteiger partial charge in [-0.3, -0.25) is 9.59 Å². The van der Waals surface area contributed by atoms with Crippen LogP contribution in [0.15, 0.2) is 85.1 Å². The minimum atomic E-state index is -0.876. The second-order valence-corrected chi connectivity index (χ2v) is 7.75. The lowest BCUT2D eigenvalue weighted by Gasteiger charge is -2.16. The van der Waals surface area contributed by atoms with Crippen LogP contribution in [-0.2, 0) is 20.7 Å². The van der Waals surface area contributed by atoms with Gasteiger partial charge in [0.05, 0.1) is 0 Å². The zero-order valence-corrected chi connectivity index (χ0v) is 18.0. The number of amides is 1. The molecular weight excluding hydrogens is 400 g/mol. The SMILES string of the molecule is CC(OC(=O)CCCc1c[nH]c2ccccc12)C(=O)Nc1ccccc1-c1ccccc1. The molecule has 4 aromatic rings. The maximum atomic E-state index is 12.6. The maximum absolute atomic E-state index is 12.6. The molecule has 3 aromatic carbocycles. The fraction of sp³-hybridized carbons (Fsp3) is 0.185. The number of benzene rings is 3. The molecule has 5 nitrogen and oxygen atoms in total. The molecule has 0 spiro atoms. The normalized spacial score (nSPS) is 11.8. The van der Waals surface area contributed by atoms with E-state index in [0.29, 0.717) is 12.1 Å². The lowest BCUT2D eigenvalue weighted by molar-refractivity contribution is -0.153. The summed E-state index contributed by atoms with van der Waals surface area (Å²) in [5.41, 5.74) is 4.87. The molecule has 0 saturated heterocycles. The van der Waals surface area contributed by atoms with E-state index in [4.69, 9.17) is 4.74 Å². The lowest BCUT2D eigenvalue weighted by Crippen LogP contribution is -2.30. The molecule has 0 fully saturated rings. The van der Waals surface area contributed by atoms with Crippen LogP contribution in [0.4, 0.5) is 5.69 Å². The predicted octanol–water partition coefficient (Wildman–Crippen LogP) is 5.73. The average molecular weight is 427 g/mol. The van der Waals surface area contributed by atoms with E-state index in [1.165, 1.54) is 10.9 Å². The zero-order valence-electron chi connectivity index (χ0n) is 18.0. The maximum Gasteiger partial charge on any atom is 0.306 e. The Hall–Kier alpha value is -3.86. The number of esters is 1. The van der Waals surface area contributed by atoms with Crippen molar-refractivity contribution in [2.75, 3.05) is 5.32 Å². The van der Waals surface area contributed by atoms with Crippen LogP contribution in [-0.4, -0.2) is 23.0 Å². The van der Waals surface area contributed by atoms with E-state index in [1.54, 1.807) is 6.92 Å². The number of H-pyrrole nitrogens is 1. The molecule has 0 radical (unpaired) electrons. The van der Waals surface area contributed by atoms with E-state index in [9.17, 15) is 9.59 Å². The second kappa shape index (κ2) is 9.96. The van der Waals surface area contributed by atoms with E-state index in [1.807, 2.05) is 79.0 Å². The number of carbonyl (C=O) groups is 2. The van der Waals surface area contributed by atoms with Crippen LogP contribution in [0, 0.1) is 0 Å². The van der Waals surface area contributed by atoms with E-state index in [-0.39, 0.29) is 18.3 Å². The molecule has 1 unspecified atom stereocenters. The number of hydrogen-bond acceptors (Lipinski definition) is 3. The predicted molar refractivity (Wildman–Crippen MR) is 127 cm³/mol. The number of carbonyl (C=O) groups excluding carboxylic acids is 2. The highest BCUT2D eigenvalue weighted by Crippen LogP contribution is 2.27. The van der Waals surface area contributed by atoms with Gasteiger partial charge in [-0.2, -0.15) is 0 Å². The average Bonchev–Trinajstić information content (AvgIpc) is 3.23. The number of para-hydroxylation sites is 2. The van der Waals surface area contributed by atoms with Crippen LogP contribution >= 0.6 is 0 Å². The molecule has 0 saturated carbocycles. The van der Waals surface area contributed by atoms with E-state index in [0.717, 1.165) is 23.1 Å². The summed E-state index contributed by atoms with van der Waals surface area (Å²) in [5.74, 6) is -0.720. The summed E-state index contributed by atoms with van der Waals surface area (Å²) in [5, 5.41) is 4.06. The van der Waals surface area contributed by atoms with Crippen molar-refractivity contribution < 1.29 is 14.3 Å². The summed E-state index contributed by atoms with van der Waals surface area (Å²) < 4.78 is 5.38. The van der Waals surface area contributed by atoms with Crippen molar-refractivity contribution in [1.29, 1.82) is 0 Å². The van der Waals surface area contributed by atoms with Gasteiger partial charge in [-0.05, 0) is 43.0 Å². The van der Waals surface area contributed by atoms with Gasteiger partial charge in [0.25, 0.3) is 5.91 Å². The fourth-order valence-electron chi connectivity index (χ4n) is 3.77. The standard InChI is InChI=1S/C27H26N2O3/c1-19(27(31)29-25-16-8-6-13-22(25)20-10-3-2-4-11-20)32-26(30)17-9-12-21-18-28-24-15-7-5-14-23(21)24/h2-8,10-11,13-16,18-19,28H,9,12,17H2,1H3,(H,29,31). The Labute approximate surface area is 187 Å². The monoisotopic (exact) mass is 426 g/mol. The third-order valence-corrected chi connectivity index (χ3v) is 5.45. The van der Waals surface area contributed by atoms with Crippen LogP contribution < -0.4 is 5.32 Å². The summed E-state index contributed by atoms with van der Waals surface area (Å²) >= 11 is 0. The van der Waals surface area contributed by atoms with E-state index < -0.39 is 6.10 Å². The van der Waals surface area contributed by atoms with Gasteiger partial charge in [0.1, 0.15) is 0 Å². The fourth-order valence-corrected chi connectivity index (χ4v) is 3.77. The number of aromatic nitrogens is 1. The number of aromatic amines is 1. The van der Waals surface area contributed by atoms with Crippen molar-refractivity contribution in [2.45, 2.75) is 32.3 Å². The third kappa shape index (κ3) is 5.06. The topological polar surface area (TPSA) is 71.2 Å². The molecule has 1 heterocycles. The second-order valence-electron chi connectivity index (χ2n) is 7.75. The Kier molecular flexibility index (Phi) is 6.66. The number of hydrogen-bond donors (Lipinski definition) is 2. The number of anilines is 1. The minimum absolute atomic E-state index is 0.262. The number of rotatable bonds is 8. The van der Waals surface area contributed by atoms with Crippen LogP contribution in [0.25, 0.3) is 22.0 Å². The van der Waals surface area contributed by atoms with Gasteiger partial charge in [-0.15, -0.1) is 0 Å². The summed E-state index contributed by atoms with van der Waals surface area (Å²) in [4.78, 5) is 28.2. The highest BCUT2D eigenvalue weighted by Gasteiger charge is 2.19. The molecule has 162 valence electrons. The molecule has 1 aromatic heterocycles. The highest BCUT2D eigenvalue weighted by molar-refractivity contribution is 5.98. The quantitative estimate of drug-likeness (QED) is 0.354. The summed E-state index contributed by atoms with van der Waals surface area (Å²) in [6.45, 7) is 1.60. The van der Waals surface area contributed by atoms with Crippen molar-refractivity contribution in [3.8, 4) is 11.1 Å². The summed E-state index contributed by atoms with van der Waals surface area (Å²) in [6.07, 6.45) is 2.80. The first-order valence-corrected chi connectivity index (χ1v) is 10.8. The zero-order chi connectivity index (χ0) is 22.3. The van der Waals surface area contributed by atoms with Gasteiger partial charge >= 0.3 is 5.97 Å².